The van der Waals surface area contributed by atoms with Crippen molar-refractivity contribution in [1.82, 2.24) is 5.43 Å². The summed E-state index contributed by atoms with van der Waals surface area (Å²) in [6, 6.07) is 12.0. The van der Waals surface area contributed by atoms with Gasteiger partial charge >= 0.3 is 7.12 Å². The molecule has 0 aliphatic carbocycles. The lowest BCUT2D eigenvalue weighted by Crippen LogP contribution is -2.29. The van der Waals surface area contributed by atoms with Crippen LogP contribution in [0.2, 0.25) is 0 Å². The van der Waals surface area contributed by atoms with Gasteiger partial charge in [0.2, 0.25) is 0 Å². The maximum atomic E-state index is 11.3. The van der Waals surface area contributed by atoms with Gasteiger partial charge in [-0.25, -0.2) is 5.84 Å². The quantitative estimate of drug-likeness (QED) is 0.326. The lowest BCUT2D eigenvalue weighted by atomic mass is 9.80. The number of ether oxygens (including phenoxy) is 1. The highest BCUT2D eigenvalue weighted by Crippen LogP contribution is 2.24. The van der Waals surface area contributed by atoms with Gasteiger partial charge in [-0.1, -0.05) is 6.07 Å². The predicted octanol–water partition coefficient (Wildman–Crippen LogP) is 0.300. The Morgan fingerprint density at radius 2 is 1.95 bits per heavy atom. The average molecular weight is 284 g/mol. The summed E-state index contributed by atoms with van der Waals surface area (Å²) >= 11 is 0. The fourth-order valence-electron chi connectivity index (χ4n) is 2.16. The molecule has 106 valence electrons. The van der Waals surface area contributed by atoms with Gasteiger partial charge in [0.15, 0.2) is 0 Å². The molecule has 1 amide bonds. The van der Waals surface area contributed by atoms with E-state index >= 15 is 0 Å². The van der Waals surface area contributed by atoms with Crippen molar-refractivity contribution in [3.8, 4) is 11.5 Å². The fourth-order valence-corrected chi connectivity index (χ4v) is 2.16. The molecular weight excluding hydrogens is 271 g/mol. The number of rotatable bonds is 3. The zero-order valence-electron chi connectivity index (χ0n) is 11.1. The number of amides is 1. The highest BCUT2D eigenvalue weighted by Gasteiger charge is 2.27. The molecule has 7 heteroatoms. The Morgan fingerprint density at radius 1 is 1.24 bits per heavy atom. The Kier molecular flexibility index (Phi) is 3.61. The van der Waals surface area contributed by atoms with Crippen LogP contribution >= 0.6 is 0 Å². The summed E-state index contributed by atoms with van der Waals surface area (Å²) in [4.78, 5) is 11.3. The molecule has 2 aromatic carbocycles. The number of nitrogens with two attached hydrogens (primary N) is 1. The molecule has 0 saturated carbocycles. The van der Waals surface area contributed by atoms with E-state index in [4.69, 9.17) is 15.2 Å². The second-order valence-electron chi connectivity index (χ2n) is 4.62. The Balaban J connectivity index is 1.76. The molecular formula is C14H13BN2O4. The molecule has 0 saturated heterocycles. The SMILES string of the molecule is NNC(=O)c1ccc(Oc2ccc3c(c2)COB3O)cc1. The first kappa shape index (κ1) is 13.6. The number of carbonyl (C=O) groups is 1. The molecule has 21 heavy (non-hydrogen) atoms. The van der Waals surface area contributed by atoms with E-state index in [9.17, 15) is 9.82 Å². The Bertz CT molecular complexity index is 675. The predicted molar refractivity (Wildman–Crippen MR) is 77.0 cm³/mol. The van der Waals surface area contributed by atoms with Gasteiger partial charge in [-0.3, -0.25) is 10.2 Å². The molecule has 4 N–H and O–H groups in total. The molecule has 0 aromatic heterocycles. The van der Waals surface area contributed by atoms with Gasteiger partial charge in [-0.2, -0.15) is 0 Å². The topological polar surface area (TPSA) is 93.8 Å². The van der Waals surface area contributed by atoms with Crippen LogP contribution in [0.3, 0.4) is 0 Å². The van der Waals surface area contributed by atoms with Gasteiger partial charge in [0.25, 0.3) is 5.91 Å². The van der Waals surface area contributed by atoms with Crippen LogP contribution < -0.4 is 21.5 Å². The van der Waals surface area contributed by atoms with E-state index in [0.29, 0.717) is 23.7 Å². The molecule has 0 bridgehead atoms. The van der Waals surface area contributed by atoms with Crippen LogP contribution in [0.25, 0.3) is 0 Å². The molecule has 3 rings (SSSR count). The minimum atomic E-state index is -0.858. The highest BCUT2D eigenvalue weighted by molar-refractivity contribution is 6.61. The first-order valence-electron chi connectivity index (χ1n) is 6.39. The van der Waals surface area contributed by atoms with Gasteiger partial charge in [0.05, 0.1) is 6.61 Å². The van der Waals surface area contributed by atoms with Crippen LogP contribution in [-0.2, 0) is 11.3 Å². The molecule has 1 aliphatic rings. The normalized spacial score (nSPS) is 13.0. The van der Waals surface area contributed by atoms with Crippen LogP contribution in [0.1, 0.15) is 15.9 Å². The molecule has 0 spiro atoms. The number of fused-ring (bicyclic) bond motifs is 1. The Labute approximate surface area is 121 Å². The van der Waals surface area contributed by atoms with E-state index < -0.39 is 7.12 Å². The number of nitrogens with one attached hydrogen (secondary N) is 1. The third-order valence-corrected chi connectivity index (χ3v) is 3.26. The van der Waals surface area contributed by atoms with Crippen molar-refractivity contribution >= 4 is 18.5 Å². The molecule has 0 fully saturated rings. The Morgan fingerprint density at radius 3 is 2.67 bits per heavy atom. The van der Waals surface area contributed by atoms with E-state index in [1.165, 1.54) is 0 Å². The maximum Gasteiger partial charge on any atom is 0.491 e. The number of hydrogen-bond donors (Lipinski definition) is 3. The molecule has 0 unspecified atom stereocenters. The number of carbonyl (C=O) groups excluding carboxylic acids is 1. The fraction of sp³-hybridized carbons (Fsp3) is 0.0714. The van der Waals surface area contributed by atoms with Crippen LogP contribution in [-0.4, -0.2) is 18.0 Å². The number of hydrogen-bond acceptors (Lipinski definition) is 5. The van der Waals surface area contributed by atoms with Crippen LogP contribution in [0.15, 0.2) is 42.5 Å². The molecule has 0 atom stereocenters. The van der Waals surface area contributed by atoms with E-state index in [1.807, 2.05) is 6.07 Å². The third-order valence-electron chi connectivity index (χ3n) is 3.26. The summed E-state index contributed by atoms with van der Waals surface area (Å²) in [5.41, 5.74) is 4.18. The highest BCUT2D eigenvalue weighted by atomic mass is 16.5. The van der Waals surface area contributed by atoms with Crippen LogP contribution in [0, 0.1) is 0 Å². The van der Waals surface area contributed by atoms with Crippen LogP contribution in [0.4, 0.5) is 0 Å². The minimum absolute atomic E-state index is 0.356. The van der Waals surface area contributed by atoms with Crippen molar-refractivity contribution in [2.45, 2.75) is 6.61 Å². The van der Waals surface area contributed by atoms with Gasteiger partial charge in [-0.15, -0.1) is 0 Å². The number of hydrazine groups is 1. The van der Waals surface area contributed by atoms with Crippen molar-refractivity contribution in [2.24, 2.45) is 5.84 Å². The maximum absolute atomic E-state index is 11.3. The Hall–Kier alpha value is -2.35. The lowest BCUT2D eigenvalue weighted by Gasteiger charge is -2.08. The largest absolute Gasteiger partial charge is 0.491 e. The summed E-state index contributed by atoms with van der Waals surface area (Å²) < 4.78 is 10.8. The first-order valence-corrected chi connectivity index (χ1v) is 6.39. The molecule has 2 aromatic rings. The van der Waals surface area contributed by atoms with Gasteiger partial charge < -0.3 is 14.4 Å². The lowest BCUT2D eigenvalue weighted by molar-refractivity contribution is 0.0953. The third kappa shape index (κ3) is 2.75. The summed E-state index contributed by atoms with van der Waals surface area (Å²) in [6.45, 7) is 0.364. The summed E-state index contributed by atoms with van der Waals surface area (Å²) in [5.74, 6) is 5.95. The second-order valence-corrected chi connectivity index (χ2v) is 4.62. The number of nitrogen functional groups attached to an aromatic ring is 1. The molecule has 6 nitrogen and oxygen atoms in total. The number of benzene rings is 2. The summed E-state index contributed by atoms with van der Waals surface area (Å²) in [5, 5.41) is 9.56. The zero-order valence-corrected chi connectivity index (χ0v) is 11.1. The van der Waals surface area contributed by atoms with Crippen molar-refractivity contribution in [3.05, 3.63) is 53.6 Å². The second kappa shape index (κ2) is 5.57. The van der Waals surface area contributed by atoms with Crippen molar-refractivity contribution in [1.29, 1.82) is 0 Å². The molecule has 1 aliphatic heterocycles. The van der Waals surface area contributed by atoms with Crippen molar-refractivity contribution in [2.75, 3.05) is 0 Å². The smallest absolute Gasteiger partial charge is 0.457 e. The summed E-state index contributed by atoms with van der Waals surface area (Å²) in [6.07, 6.45) is 0. The van der Waals surface area contributed by atoms with E-state index in [2.05, 4.69) is 5.43 Å². The monoisotopic (exact) mass is 284 g/mol. The van der Waals surface area contributed by atoms with Gasteiger partial charge in [-0.05, 0) is 47.4 Å². The van der Waals surface area contributed by atoms with Crippen LogP contribution in [0.5, 0.6) is 11.5 Å². The average Bonchev–Trinajstić information content (AvgIpc) is 2.88. The standard InChI is InChI=1S/C14H13BN2O4/c16-17-14(18)9-1-3-11(4-2-9)21-12-5-6-13-10(7-12)8-20-15(13)19/h1-7,19H,8,16H2,(H,17,18). The van der Waals surface area contributed by atoms with Gasteiger partial charge in [0, 0.05) is 5.56 Å². The van der Waals surface area contributed by atoms with E-state index in [1.54, 1.807) is 36.4 Å². The molecule has 1 heterocycles. The first-order chi connectivity index (χ1) is 10.2. The van der Waals surface area contributed by atoms with E-state index in [0.717, 1.165) is 11.0 Å². The van der Waals surface area contributed by atoms with Crippen molar-refractivity contribution in [3.63, 3.8) is 0 Å². The molecule has 0 radical (unpaired) electrons. The van der Waals surface area contributed by atoms with E-state index in [-0.39, 0.29) is 5.91 Å². The summed E-state index contributed by atoms with van der Waals surface area (Å²) in [7, 11) is -0.858. The minimum Gasteiger partial charge on any atom is -0.457 e. The van der Waals surface area contributed by atoms with Crippen molar-refractivity contribution < 1.29 is 19.2 Å². The van der Waals surface area contributed by atoms with Gasteiger partial charge in [0.1, 0.15) is 11.5 Å². The zero-order chi connectivity index (χ0) is 14.8.